The second-order valence-corrected chi connectivity index (χ2v) is 10.1. The Hall–Kier alpha value is -2.75. The molecule has 0 aliphatic carbocycles. The second kappa shape index (κ2) is 9.01. The van der Waals surface area contributed by atoms with Crippen LogP contribution >= 0.6 is 22.7 Å². The summed E-state index contributed by atoms with van der Waals surface area (Å²) in [5, 5.41) is 7.06. The van der Waals surface area contributed by atoms with E-state index in [-0.39, 0.29) is 12.5 Å². The first-order valence-electron chi connectivity index (χ1n) is 10.6. The van der Waals surface area contributed by atoms with Crippen molar-refractivity contribution in [3.63, 3.8) is 0 Å². The van der Waals surface area contributed by atoms with E-state index in [9.17, 15) is 4.79 Å². The molecule has 1 fully saturated rings. The molecule has 0 unspecified atom stereocenters. The Morgan fingerprint density at radius 2 is 2.09 bits per heavy atom. The van der Waals surface area contributed by atoms with E-state index in [0.717, 1.165) is 68.6 Å². The van der Waals surface area contributed by atoms with Crippen LogP contribution in [-0.4, -0.2) is 60.6 Å². The van der Waals surface area contributed by atoms with Gasteiger partial charge in [0.25, 0.3) is 5.91 Å². The number of anilines is 1. The quantitative estimate of drug-likeness (QED) is 0.467. The number of hydrogen-bond donors (Lipinski definition) is 1. The third-order valence-electron chi connectivity index (χ3n) is 5.67. The summed E-state index contributed by atoms with van der Waals surface area (Å²) in [5.41, 5.74) is 2.04. The fourth-order valence-corrected chi connectivity index (χ4v) is 5.80. The van der Waals surface area contributed by atoms with E-state index >= 15 is 0 Å². The number of aromatic nitrogens is 2. The topological polar surface area (TPSA) is 70.6 Å². The molecule has 9 heteroatoms. The average molecular weight is 468 g/mol. The maximum absolute atomic E-state index is 12.6. The number of benzene rings is 1. The van der Waals surface area contributed by atoms with Crippen molar-refractivity contribution in [1.82, 2.24) is 20.2 Å². The Balaban J connectivity index is 1.24. The number of likely N-dealkylation sites (N-methyl/N-ethyl adjacent to an activating group) is 1. The van der Waals surface area contributed by atoms with Gasteiger partial charge in [0.05, 0.1) is 19.9 Å². The van der Waals surface area contributed by atoms with E-state index in [4.69, 9.17) is 4.74 Å². The minimum Gasteiger partial charge on any atom is -0.483 e. The van der Waals surface area contributed by atoms with Crippen LogP contribution in [-0.2, 0) is 11.3 Å². The largest absolute Gasteiger partial charge is 0.483 e. The molecule has 0 bridgehead atoms. The van der Waals surface area contributed by atoms with Gasteiger partial charge in [-0.2, -0.15) is 0 Å². The molecule has 7 nitrogen and oxygen atoms in total. The number of nitrogens with one attached hydrogen (secondary N) is 1. The van der Waals surface area contributed by atoms with Crippen LogP contribution in [0.25, 0.3) is 20.3 Å². The van der Waals surface area contributed by atoms with Crippen LogP contribution in [0.15, 0.2) is 35.8 Å². The van der Waals surface area contributed by atoms with Gasteiger partial charge in [0.15, 0.2) is 6.61 Å². The first-order valence-corrected chi connectivity index (χ1v) is 12.3. The zero-order valence-electron chi connectivity index (χ0n) is 18.1. The van der Waals surface area contributed by atoms with Crippen LogP contribution < -0.4 is 15.0 Å². The number of pyridine rings is 1. The molecule has 0 spiro atoms. The van der Waals surface area contributed by atoms with E-state index in [1.807, 2.05) is 42.8 Å². The zero-order chi connectivity index (χ0) is 22.1. The van der Waals surface area contributed by atoms with Crippen molar-refractivity contribution in [2.75, 3.05) is 44.7 Å². The number of carbonyl (C=O) groups excluding carboxylic acids is 1. The molecule has 4 aromatic rings. The van der Waals surface area contributed by atoms with Crippen LogP contribution in [0.5, 0.6) is 5.75 Å². The van der Waals surface area contributed by atoms with E-state index in [2.05, 4.69) is 32.1 Å². The van der Waals surface area contributed by atoms with Gasteiger partial charge in [-0.25, -0.2) is 9.97 Å². The monoisotopic (exact) mass is 467 g/mol. The predicted molar refractivity (Wildman–Crippen MR) is 131 cm³/mol. The summed E-state index contributed by atoms with van der Waals surface area (Å²) >= 11 is 3.29. The minimum absolute atomic E-state index is 0.0294. The molecule has 1 N–H and O–H groups in total. The molecule has 0 radical (unpaired) electrons. The first-order chi connectivity index (χ1) is 15.6. The van der Waals surface area contributed by atoms with Gasteiger partial charge in [0, 0.05) is 55.9 Å². The van der Waals surface area contributed by atoms with Crippen LogP contribution in [0.4, 0.5) is 5.82 Å². The number of aryl methyl sites for hydroxylation is 1. The van der Waals surface area contributed by atoms with E-state index in [1.54, 1.807) is 22.7 Å². The fourth-order valence-electron chi connectivity index (χ4n) is 3.97. The summed E-state index contributed by atoms with van der Waals surface area (Å²) in [6.45, 7) is 6.30. The van der Waals surface area contributed by atoms with Crippen LogP contribution in [0.2, 0.25) is 0 Å². The highest BCUT2D eigenvalue weighted by Crippen LogP contribution is 2.38. The molecule has 32 heavy (non-hydrogen) atoms. The van der Waals surface area contributed by atoms with E-state index in [0.29, 0.717) is 6.54 Å². The Morgan fingerprint density at radius 1 is 1.25 bits per heavy atom. The molecule has 1 aliphatic heterocycles. The number of amides is 1. The van der Waals surface area contributed by atoms with Gasteiger partial charge >= 0.3 is 0 Å². The average Bonchev–Trinajstić information content (AvgIpc) is 3.43. The highest BCUT2D eigenvalue weighted by molar-refractivity contribution is 7.21. The maximum Gasteiger partial charge on any atom is 0.258 e. The number of piperazine rings is 1. The Morgan fingerprint density at radius 3 is 2.94 bits per heavy atom. The van der Waals surface area contributed by atoms with Crippen molar-refractivity contribution in [2.45, 2.75) is 13.5 Å². The Kier molecular flexibility index (Phi) is 5.95. The molecular weight excluding hydrogens is 442 g/mol. The molecule has 4 heterocycles. The number of ether oxygens (including phenoxy) is 1. The highest BCUT2D eigenvalue weighted by atomic mass is 32.1. The van der Waals surface area contributed by atoms with Crippen molar-refractivity contribution >= 4 is 54.7 Å². The SMILES string of the molecule is Cc1nc2c(cc(OCC(=O)NCc3cccnc3N3CCN(C)CC3)c3ccsc32)s1. The summed E-state index contributed by atoms with van der Waals surface area (Å²) in [5.74, 6) is 1.53. The summed E-state index contributed by atoms with van der Waals surface area (Å²) in [6, 6.07) is 7.96. The van der Waals surface area contributed by atoms with Crippen molar-refractivity contribution in [1.29, 1.82) is 0 Å². The van der Waals surface area contributed by atoms with Crippen molar-refractivity contribution < 1.29 is 9.53 Å². The molecule has 1 aliphatic rings. The van der Waals surface area contributed by atoms with E-state index in [1.165, 1.54) is 0 Å². The number of nitrogens with zero attached hydrogens (tertiary/aromatic N) is 4. The molecule has 1 amide bonds. The van der Waals surface area contributed by atoms with Gasteiger partial charge in [-0.1, -0.05) is 6.07 Å². The number of thiophene rings is 1. The van der Waals surface area contributed by atoms with Crippen molar-refractivity contribution in [2.24, 2.45) is 0 Å². The lowest BCUT2D eigenvalue weighted by atomic mass is 10.2. The van der Waals surface area contributed by atoms with Gasteiger partial charge in [0.2, 0.25) is 0 Å². The van der Waals surface area contributed by atoms with E-state index < -0.39 is 0 Å². The third kappa shape index (κ3) is 4.28. The summed E-state index contributed by atoms with van der Waals surface area (Å²) in [4.78, 5) is 26.4. The number of fused-ring (bicyclic) bond motifs is 3. The van der Waals surface area contributed by atoms with Gasteiger partial charge in [-0.15, -0.1) is 22.7 Å². The summed E-state index contributed by atoms with van der Waals surface area (Å²) < 4.78 is 8.13. The van der Waals surface area contributed by atoms with Crippen LogP contribution in [0.3, 0.4) is 0 Å². The molecule has 5 rings (SSSR count). The molecule has 0 saturated carbocycles. The fraction of sp³-hybridized carbons (Fsp3) is 0.348. The maximum atomic E-state index is 12.6. The molecular formula is C23H25N5O2S2. The number of thiazole rings is 1. The lowest BCUT2D eigenvalue weighted by Crippen LogP contribution is -2.45. The standard InChI is InChI=1S/C23H25N5O2S2/c1-15-26-21-19(32-15)12-18(17-5-11-31-22(17)21)30-14-20(29)25-13-16-4-3-6-24-23(16)28-9-7-27(2)8-10-28/h3-6,11-12H,7-10,13-14H2,1-2H3,(H,25,29). The zero-order valence-corrected chi connectivity index (χ0v) is 19.8. The lowest BCUT2D eigenvalue weighted by molar-refractivity contribution is -0.123. The predicted octanol–water partition coefficient (Wildman–Crippen LogP) is 3.66. The molecule has 166 valence electrons. The normalized spacial score (nSPS) is 14.9. The smallest absolute Gasteiger partial charge is 0.258 e. The molecule has 1 saturated heterocycles. The second-order valence-electron chi connectivity index (χ2n) is 7.96. The lowest BCUT2D eigenvalue weighted by Gasteiger charge is -2.34. The molecule has 0 atom stereocenters. The number of carbonyl (C=O) groups is 1. The number of hydrogen-bond acceptors (Lipinski definition) is 8. The van der Waals surface area contributed by atoms with Crippen LogP contribution in [0.1, 0.15) is 10.6 Å². The minimum atomic E-state index is -0.151. The summed E-state index contributed by atoms with van der Waals surface area (Å²) in [6.07, 6.45) is 1.81. The van der Waals surface area contributed by atoms with Gasteiger partial charge in [-0.3, -0.25) is 4.79 Å². The molecule has 3 aromatic heterocycles. The molecule has 1 aromatic carbocycles. The van der Waals surface area contributed by atoms with Crippen LogP contribution in [0, 0.1) is 6.92 Å². The third-order valence-corrected chi connectivity index (χ3v) is 7.51. The van der Waals surface area contributed by atoms with Gasteiger partial charge < -0.3 is 19.9 Å². The Bertz CT molecular complexity index is 1260. The van der Waals surface area contributed by atoms with Crippen molar-refractivity contribution in [3.05, 3.63) is 46.4 Å². The van der Waals surface area contributed by atoms with Gasteiger partial charge in [-0.05, 0) is 31.5 Å². The summed E-state index contributed by atoms with van der Waals surface area (Å²) in [7, 11) is 2.13. The van der Waals surface area contributed by atoms with Crippen molar-refractivity contribution in [3.8, 4) is 5.75 Å². The number of rotatable bonds is 6. The highest BCUT2D eigenvalue weighted by Gasteiger charge is 2.18. The first kappa shape index (κ1) is 21.1. The Labute approximate surface area is 194 Å². The van der Waals surface area contributed by atoms with Gasteiger partial charge in [0.1, 0.15) is 11.6 Å².